The van der Waals surface area contributed by atoms with Gasteiger partial charge in [0.1, 0.15) is 0 Å². The first kappa shape index (κ1) is 13.2. The first-order valence-electron chi connectivity index (χ1n) is 5.09. The Morgan fingerprint density at radius 2 is 2.11 bits per heavy atom. The fourth-order valence-corrected chi connectivity index (χ4v) is 3.20. The molecule has 0 bridgehead atoms. The molecule has 1 aromatic rings. The van der Waals surface area contributed by atoms with Gasteiger partial charge in [-0.2, -0.15) is 4.39 Å². The van der Waals surface area contributed by atoms with E-state index in [1.54, 1.807) is 0 Å². The van der Waals surface area contributed by atoms with Crippen LogP contribution in [-0.4, -0.2) is 36.8 Å². The van der Waals surface area contributed by atoms with Gasteiger partial charge in [-0.3, -0.25) is 10.1 Å². The molecule has 1 heterocycles. The quantitative estimate of drug-likeness (QED) is 0.641. The van der Waals surface area contributed by atoms with Crippen LogP contribution in [0.3, 0.4) is 0 Å². The maximum atomic E-state index is 13.4. The Labute approximate surface area is 107 Å². The van der Waals surface area contributed by atoms with Crippen molar-refractivity contribution in [2.75, 3.05) is 13.1 Å². The molecule has 2 rings (SSSR count). The maximum absolute atomic E-state index is 13.4. The van der Waals surface area contributed by atoms with Crippen molar-refractivity contribution >= 4 is 21.7 Å². The number of rotatable bonds is 3. The van der Waals surface area contributed by atoms with E-state index < -0.39 is 37.4 Å². The lowest BCUT2D eigenvalue weighted by atomic mass is 10.3. The number of hydrogen-bond acceptors (Lipinski definition) is 5. The minimum atomic E-state index is -4.45. The van der Waals surface area contributed by atoms with Crippen LogP contribution in [0.15, 0.2) is 23.1 Å². The first-order chi connectivity index (χ1) is 8.85. The highest BCUT2D eigenvalue weighted by atomic mass is 32.2. The number of para-hydroxylation sites is 1. The molecule has 1 fully saturated rings. The predicted octanol–water partition coefficient (Wildman–Crippen LogP) is 0.448. The molecular formula is C9H8FN3O5S. The average Bonchev–Trinajstić information content (AvgIpc) is 2.75. The normalized spacial score (nSPS) is 15.4. The smallest absolute Gasteiger partial charge is 0.331 e. The Bertz CT molecular complexity index is 660. The monoisotopic (exact) mass is 289 g/mol. The second-order valence-electron chi connectivity index (χ2n) is 3.65. The fourth-order valence-electron chi connectivity index (χ4n) is 1.68. The van der Waals surface area contributed by atoms with Crippen molar-refractivity contribution in [1.82, 2.24) is 9.62 Å². The van der Waals surface area contributed by atoms with Crippen molar-refractivity contribution in [2.45, 2.75) is 4.90 Å². The summed E-state index contributed by atoms with van der Waals surface area (Å²) in [5.41, 5.74) is -1.16. The fraction of sp³-hybridized carbons (Fsp3) is 0.222. The molecule has 0 saturated carbocycles. The summed E-state index contributed by atoms with van der Waals surface area (Å²) >= 11 is 0. The molecule has 0 aromatic heterocycles. The zero-order valence-corrected chi connectivity index (χ0v) is 10.2. The molecule has 10 heteroatoms. The van der Waals surface area contributed by atoms with Gasteiger partial charge in [0.25, 0.3) is 10.0 Å². The number of sulfonamides is 1. The Hall–Kier alpha value is -2.23. The summed E-state index contributed by atoms with van der Waals surface area (Å²) in [6.07, 6.45) is 0. The molecule has 0 aliphatic carbocycles. The number of hydrogen-bond donors (Lipinski definition) is 1. The predicted molar refractivity (Wildman–Crippen MR) is 60.3 cm³/mol. The highest BCUT2D eigenvalue weighted by molar-refractivity contribution is 7.89. The topological polar surface area (TPSA) is 110 Å². The van der Waals surface area contributed by atoms with Gasteiger partial charge < -0.3 is 5.32 Å². The van der Waals surface area contributed by atoms with E-state index >= 15 is 0 Å². The van der Waals surface area contributed by atoms with Crippen molar-refractivity contribution in [3.63, 3.8) is 0 Å². The van der Waals surface area contributed by atoms with Gasteiger partial charge in [-0.25, -0.2) is 17.5 Å². The lowest BCUT2D eigenvalue weighted by molar-refractivity contribution is -0.390. The SMILES string of the molecule is O=C1NCCN1S(=O)(=O)c1cccc(F)c1[N+](=O)[O-]. The Morgan fingerprint density at radius 3 is 2.63 bits per heavy atom. The third kappa shape index (κ3) is 2.10. The summed E-state index contributed by atoms with van der Waals surface area (Å²) in [6, 6.07) is 1.81. The van der Waals surface area contributed by atoms with E-state index in [0.29, 0.717) is 4.31 Å². The molecule has 1 aromatic carbocycles. The lowest BCUT2D eigenvalue weighted by Gasteiger charge is -2.14. The molecule has 102 valence electrons. The van der Waals surface area contributed by atoms with E-state index in [4.69, 9.17) is 0 Å². The minimum Gasteiger partial charge on any atom is -0.335 e. The third-order valence-corrected chi connectivity index (χ3v) is 4.33. The summed E-state index contributed by atoms with van der Waals surface area (Å²) < 4.78 is 38.1. The number of nitrogens with one attached hydrogen (secondary N) is 1. The summed E-state index contributed by atoms with van der Waals surface area (Å²) in [5.74, 6) is -1.27. The highest BCUT2D eigenvalue weighted by Crippen LogP contribution is 2.29. The molecule has 1 aliphatic rings. The van der Waals surface area contributed by atoms with Gasteiger partial charge in [0.2, 0.25) is 5.82 Å². The van der Waals surface area contributed by atoms with Crippen LogP contribution in [0.2, 0.25) is 0 Å². The standard InChI is InChI=1S/C9H8FN3O5S/c10-6-2-1-3-7(8(6)13(15)16)19(17,18)12-5-4-11-9(12)14/h1-3H,4-5H2,(H,11,14). The summed E-state index contributed by atoms with van der Waals surface area (Å²) in [5, 5.41) is 13.0. The lowest BCUT2D eigenvalue weighted by Crippen LogP contribution is -2.34. The zero-order chi connectivity index (χ0) is 14.2. The van der Waals surface area contributed by atoms with Crippen LogP contribution in [0.5, 0.6) is 0 Å². The Morgan fingerprint density at radius 1 is 1.42 bits per heavy atom. The number of nitro benzene ring substituents is 1. The van der Waals surface area contributed by atoms with Crippen LogP contribution in [-0.2, 0) is 10.0 Å². The first-order valence-corrected chi connectivity index (χ1v) is 6.53. The molecule has 0 unspecified atom stereocenters. The van der Waals surface area contributed by atoms with Crippen LogP contribution in [0.1, 0.15) is 0 Å². The van der Waals surface area contributed by atoms with Crippen molar-refractivity contribution in [2.24, 2.45) is 0 Å². The largest absolute Gasteiger partial charge is 0.335 e. The maximum Gasteiger partial charge on any atom is 0.331 e. The molecule has 0 atom stereocenters. The Kier molecular flexibility index (Phi) is 3.10. The molecule has 0 spiro atoms. The van der Waals surface area contributed by atoms with Crippen LogP contribution in [0, 0.1) is 15.9 Å². The van der Waals surface area contributed by atoms with E-state index in [2.05, 4.69) is 5.32 Å². The molecule has 8 nitrogen and oxygen atoms in total. The van der Waals surface area contributed by atoms with Gasteiger partial charge in [0, 0.05) is 6.54 Å². The molecule has 19 heavy (non-hydrogen) atoms. The average molecular weight is 289 g/mol. The van der Waals surface area contributed by atoms with Gasteiger partial charge in [-0.1, -0.05) is 6.07 Å². The molecule has 1 N–H and O–H groups in total. The number of amides is 2. The molecule has 0 radical (unpaired) electrons. The number of nitrogens with zero attached hydrogens (tertiary/aromatic N) is 2. The molecular weight excluding hydrogens is 281 g/mol. The van der Waals surface area contributed by atoms with Crippen molar-refractivity contribution in [1.29, 1.82) is 0 Å². The van der Waals surface area contributed by atoms with Crippen LogP contribution in [0.4, 0.5) is 14.9 Å². The second kappa shape index (κ2) is 4.46. The number of carbonyl (C=O) groups is 1. The van der Waals surface area contributed by atoms with Crippen molar-refractivity contribution < 1.29 is 22.5 Å². The van der Waals surface area contributed by atoms with Crippen molar-refractivity contribution in [3.8, 4) is 0 Å². The van der Waals surface area contributed by atoms with E-state index in [-0.39, 0.29) is 13.1 Å². The molecule has 2 amide bonds. The van der Waals surface area contributed by atoms with Gasteiger partial charge in [-0.05, 0) is 12.1 Å². The van der Waals surface area contributed by atoms with Gasteiger partial charge in [-0.15, -0.1) is 0 Å². The van der Waals surface area contributed by atoms with E-state index in [0.717, 1.165) is 18.2 Å². The van der Waals surface area contributed by atoms with E-state index in [1.165, 1.54) is 0 Å². The van der Waals surface area contributed by atoms with Gasteiger partial charge in [0.05, 0.1) is 11.5 Å². The second-order valence-corrected chi connectivity index (χ2v) is 5.48. The molecule has 1 aliphatic heterocycles. The summed E-state index contributed by atoms with van der Waals surface area (Å²) in [7, 11) is -4.45. The zero-order valence-electron chi connectivity index (χ0n) is 9.37. The van der Waals surface area contributed by atoms with Gasteiger partial charge >= 0.3 is 11.7 Å². The van der Waals surface area contributed by atoms with Crippen LogP contribution >= 0.6 is 0 Å². The van der Waals surface area contributed by atoms with Crippen molar-refractivity contribution in [3.05, 3.63) is 34.1 Å². The van der Waals surface area contributed by atoms with Gasteiger partial charge in [0.15, 0.2) is 4.90 Å². The van der Waals surface area contributed by atoms with Crippen LogP contribution in [0.25, 0.3) is 0 Å². The number of benzene rings is 1. The number of halogens is 1. The van der Waals surface area contributed by atoms with E-state index in [9.17, 15) is 27.7 Å². The number of urea groups is 1. The summed E-state index contributed by atoms with van der Waals surface area (Å²) in [4.78, 5) is 20.1. The summed E-state index contributed by atoms with van der Waals surface area (Å²) in [6.45, 7) is -0.0595. The van der Waals surface area contributed by atoms with E-state index in [1.807, 2.05) is 0 Å². The molecule has 1 saturated heterocycles. The Balaban J connectivity index is 2.62. The number of nitro groups is 1. The minimum absolute atomic E-state index is 0.0984. The van der Waals surface area contributed by atoms with Crippen LogP contribution < -0.4 is 5.32 Å². The number of carbonyl (C=O) groups excluding carboxylic acids is 1. The third-order valence-electron chi connectivity index (χ3n) is 2.52. The highest BCUT2D eigenvalue weighted by Gasteiger charge is 2.38.